The second kappa shape index (κ2) is 5.09. The minimum Gasteiger partial charge on any atom is -0.323 e. The third-order valence-corrected chi connectivity index (χ3v) is 3.07. The molecular weight excluding hydrogens is 227 g/mol. The minimum atomic E-state index is -0.266. The number of nitrogens with zero attached hydrogens (tertiary/aromatic N) is 2. The standard InChI is InChI=1S/C10H11FN4S/c11-8-3-1-2-7(4-8)9(12)5-16-10-13-6-14-15-10/h1-4,6,9H,5,12H2,(H,13,14,15). The zero-order valence-electron chi connectivity index (χ0n) is 8.43. The van der Waals surface area contributed by atoms with Crippen molar-refractivity contribution in [1.29, 1.82) is 0 Å². The number of rotatable bonds is 4. The van der Waals surface area contributed by atoms with E-state index in [1.165, 1.54) is 30.2 Å². The summed E-state index contributed by atoms with van der Waals surface area (Å²) in [5.41, 5.74) is 6.72. The fourth-order valence-corrected chi connectivity index (χ4v) is 2.03. The molecule has 0 aliphatic rings. The van der Waals surface area contributed by atoms with Crippen LogP contribution in [0.4, 0.5) is 4.39 Å². The number of benzene rings is 1. The number of hydrogen-bond acceptors (Lipinski definition) is 4. The molecule has 3 N–H and O–H groups in total. The van der Waals surface area contributed by atoms with E-state index >= 15 is 0 Å². The van der Waals surface area contributed by atoms with E-state index in [0.29, 0.717) is 10.9 Å². The van der Waals surface area contributed by atoms with Crippen molar-refractivity contribution < 1.29 is 4.39 Å². The molecule has 16 heavy (non-hydrogen) atoms. The van der Waals surface area contributed by atoms with Gasteiger partial charge in [-0.05, 0) is 17.7 Å². The topological polar surface area (TPSA) is 67.6 Å². The maximum Gasteiger partial charge on any atom is 0.183 e. The Hall–Kier alpha value is -1.40. The second-order valence-corrected chi connectivity index (χ2v) is 4.27. The van der Waals surface area contributed by atoms with Crippen LogP contribution in [0.3, 0.4) is 0 Å². The molecule has 1 aromatic heterocycles. The third kappa shape index (κ3) is 2.80. The fourth-order valence-electron chi connectivity index (χ4n) is 1.27. The monoisotopic (exact) mass is 238 g/mol. The van der Waals surface area contributed by atoms with Gasteiger partial charge < -0.3 is 5.73 Å². The quantitative estimate of drug-likeness (QED) is 0.796. The van der Waals surface area contributed by atoms with Crippen LogP contribution in [0.2, 0.25) is 0 Å². The Kier molecular flexibility index (Phi) is 3.53. The smallest absolute Gasteiger partial charge is 0.183 e. The molecular formula is C10H11FN4S. The van der Waals surface area contributed by atoms with Gasteiger partial charge in [-0.1, -0.05) is 23.9 Å². The van der Waals surface area contributed by atoms with Crippen molar-refractivity contribution in [3.05, 3.63) is 42.0 Å². The van der Waals surface area contributed by atoms with Crippen LogP contribution in [0.15, 0.2) is 35.7 Å². The fraction of sp³-hybridized carbons (Fsp3) is 0.200. The summed E-state index contributed by atoms with van der Waals surface area (Å²) < 4.78 is 13.0. The second-order valence-electron chi connectivity index (χ2n) is 3.26. The molecule has 1 aromatic carbocycles. The molecule has 6 heteroatoms. The van der Waals surface area contributed by atoms with Gasteiger partial charge in [-0.3, -0.25) is 5.10 Å². The highest BCUT2D eigenvalue weighted by molar-refractivity contribution is 7.99. The van der Waals surface area contributed by atoms with E-state index in [1.54, 1.807) is 6.07 Å². The summed E-state index contributed by atoms with van der Waals surface area (Å²) >= 11 is 1.46. The van der Waals surface area contributed by atoms with Crippen LogP contribution in [0.5, 0.6) is 0 Å². The number of halogens is 1. The van der Waals surface area contributed by atoms with E-state index in [9.17, 15) is 4.39 Å². The van der Waals surface area contributed by atoms with Gasteiger partial charge in [0.25, 0.3) is 0 Å². The summed E-state index contributed by atoms with van der Waals surface area (Å²) in [6, 6.07) is 6.11. The van der Waals surface area contributed by atoms with Crippen LogP contribution in [0.1, 0.15) is 11.6 Å². The van der Waals surface area contributed by atoms with Crippen LogP contribution in [-0.2, 0) is 0 Å². The first-order valence-corrected chi connectivity index (χ1v) is 5.73. The van der Waals surface area contributed by atoms with Crippen LogP contribution in [0, 0.1) is 5.82 Å². The normalized spacial score (nSPS) is 12.6. The Labute approximate surface area is 96.5 Å². The summed E-state index contributed by atoms with van der Waals surface area (Å²) in [7, 11) is 0. The molecule has 1 unspecified atom stereocenters. The SMILES string of the molecule is NC(CSc1ncn[nH]1)c1cccc(F)c1. The Morgan fingerprint density at radius 2 is 2.38 bits per heavy atom. The molecule has 0 spiro atoms. The summed E-state index contributed by atoms with van der Waals surface area (Å²) in [4.78, 5) is 3.97. The molecule has 0 saturated heterocycles. The Morgan fingerprint density at radius 3 is 3.06 bits per heavy atom. The Balaban J connectivity index is 1.95. The number of nitrogens with one attached hydrogen (secondary N) is 1. The first-order chi connectivity index (χ1) is 7.75. The average Bonchev–Trinajstić information content (AvgIpc) is 2.78. The first-order valence-electron chi connectivity index (χ1n) is 4.75. The molecule has 0 saturated carbocycles. The van der Waals surface area contributed by atoms with Crippen LogP contribution in [0.25, 0.3) is 0 Å². The molecule has 0 aliphatic heterocycles. The van der Waals surface area contributed by atoms with Crippen molar-refractivity contribution in [2.75, 3.05) is 5.75 Å². The van der Waals surface area contributed by atoms with Crippen molar-refractivity contribution >= 4 is 11.8 Å². The van der Waals surface area contributed by atoms with Crippen LogP contribution >= 0.6 is 11.8 Å². The van der Waals surface area contributed by atoms with Crippen LogP contribution < -0.4 is 5.73 Å². The first kappa shape index (κ1) is 11.1. The van der Waals surface area contributed by atoms with Crippen molar-refractivity contribution in [3.63, 3.8) is 0 Å². The summed E-state index contributed by atoms with van der Waals surface area (Å²) in [6.07, 6.45) is 1.44. The van der Waals surface area contributed by atoms with Gasteiger partial charge in [-0.25, -0.2) is 9.37 Å². The lowest BCUT2D eigenvalue weighted by Gasteiger charge is -2.10. The maximum atomic E-state index is 13.0. The lowest BCUT2D eigenvalue weighted by Crippen LogP contribution is -2.13. The number of aromatic nitrogens is 3. The molecule has 0 radical (unpaired) electrons. The van der Waals surface area contributed by atoms with E-state index in [2.05, 4.69) is 15.2 Å². The molecule has 2 rings (SSSR count). The minimum absolute atomic E-state index is 0.217. The zero-order valence-corrected chi connectivity index (χ0v) is 9.25. The van der Waals surface area contributed by atoms with Crippen molar-refractivity contribution in [2.24, 2.45) is 5.73 Å². The van der Waals surface area contributed by atoms with Crippen molar-refractivity contribution in [2.45, 2.75) is 11.2 Å². The van der Waals surface area contributed by atoms with E-state index in [-0.39, 0.29) is 11.9 Å². The van der Waals surface area contributed by atoms with E-state index in [4.69, 9.17) is 5.73 Å². The molecule has 0 fully saturated rings. The Bertz CT molecular complexity index is 446. The van der Waals surface area contributed by atoms with Gasteiger partial charge in [-0.2, -0.15) is 5.10 Å². The van der Waals surface area contributed by atoms with Crippen molar-refractivity contribution in [1.82, 2.24) is 15.2 Å². The zero-order chi connectivity index (χ0) is 11.4. The molecule has 0 bridgehead atoms. The van der Waals surface area contributed by atoms with Crippen LogP contribution in [-0.4, -0.2) is 20.9 Å². The molecule has 1 atom stereocenters. The number of nitrogens with two attached hydrogens (primary N) is 1. The number of hydrogen-bond donors (Lipinski definition) is 2. The number of H-pyrrole nitrogens is 1. The third-order valence-electron chi connectivity index (χ3n) is 2.07. The van der Waals surface area contributed by atoms with E-state index in [1.807, 2.05) is 6.07 Å². The van der Waals surface area contributed by atoms with E-state index in [0.717, 1.165) is 5.56 Å². The highest BCUT2D eigenvalue weighted by atomic mass is 32.2. The van der Waals surface area contributed by atoms with Gasteiger partial charge in [0.05, 0.1) is 0 Å². The van der Waals surface area contributed by atoms with E-state index < -0.39 is 0 Å². The molecule has 0 aliphatic carbocycles. The predicted octanol–water partition coefficient (Wildman–Crippen LogP) is 1.74. The lowest BCUT2D eigenvalue weighted by atomic mass is 10.1. The van der Waals surface area contributed by atoms with Gasteiger partial charge >= 0.3 is 0 Å². The summed E-state index contributed by atoms with van der Waals surface area (Å²) in [5, 5.41) is 7.17. The Morgan fingerprint density at radius 1 is 1.50 bits per heavy atom. The average molecular weight is 238 g/mol. The van der Waals surface area contributed by atoms with Gasteiger partial charge in [0.1, 0.15) is 12.1 Å². The van der Waals surface area contributed by atoms with Crippen molar-refractivity contribution in [3.8, 4) is 0 Å². The molecule has 84 valence electrons. The maximum absolute atomic E-state index is 13.0. The molecule has 4 nitrogen and oxygen atoms in total. The van der Waals surface area contributed by atoms with Gasteiger partial charge in [-0.15, -0.1) is 0 Å². The number of thioether (sulfide) groups is 1. The lowest BCUT2D eigenvalue weighted by molar-refractivity contribution is 0.622. The highest BCUT2D eigenvalue weighted by Gasteiger charge is 2.08. The van der Waals surface area contributed by atoms with Gasteiger partial charge in [0.2, 0.25) is 0 Å². The summed E-state index contributed by atoms with van der Waals surface area (Å²) in [6.45, 7) is 0. The number of aromatic amines is 1. The molecule has 1 heterocycles. The van der Waals surface area contributed by atoms with Gasteiger partial charge in [0.15, 0.2) is 5.16 Å². The highest BCUT2D eigenvalue weighted by Crippen LogP contribution is 2.20. The molecule has 0 amide bonds. The largest absolute Gasteiger partial charge is 0.323 e. The molecule has 2 aromatic rings. The predicted molar refractivity (Wildman–Crippen MR) is 60.4 cm³/mol. The summed E-state index contributed by atoms with van der Waals surface area (Å²) in [5.74, 6) is 0.358. The van der Waals surface area contributed by atoms with Gasteiger partial charge in [0, 0.05) is 11.8 Å².